The van der Waals surface area contributed by atoms with Crippen molar-refractivity contribution in [1.82, 2.24) is 0 Å². The molecule has 0 aromatic rings. The first-order valence-electron chi connectivity index (χ1n) is 9.76. The summed E-state index contributed by atoms with van der Waals surface area (Å²) in [6.45, 7) is 2.96. The van der Waals surface area contributed by atoms with Gasteiger partial charge in [-0.25, -0.2) is 0 Å². The van der Waals surface area contributed by atoms with E-state index < -0.39 is 41.0 Å². The van der Waals surface area contributed by atoms with E-state index in [0.29, 0.717) is 0 Å². The minimum Gasteiger partial charge on any atom is -0.393 e. The first-order chi connectivity index (χ1) is 12.6. The monoisotopic (exact) mass is 376 g/mol. The summed E-state index contributed by atoms with van der Waals surface area (Å²) < 4.78 is 0. The number of carbonyl (C=O) groups is 2. The number of allylic oxidation sites excluding steroid dienone is 4. The lowest BCUT2D eigenvalue weighted by atomic mass is 9.46. The summed E-state index contributed by atoms with van der Waals surface area (Å²) in [7, 11) is 0. The molecule has 0 saturated heterocycles. The molecule has 27 heavy (non-hydrogen) atoms. The van der Waals surface area contributed by atoms with Gasteiger partial charge in [0.25, 0.3) is 0 Å². The first kappa shape index (κ1) is 19.0. The van der Waals surface area contributed by atoms with Crippen LogP contribution in [0.15, 0.2) is 23.8 Å². The maximum absolute atomic E-state index is 12.4. The second kappa shape index (κ2) is 5.83. The third-order valence-electron chi connectivity index (χ3n) is 8.28. The Hall–Kier alpha value is -1.34. The van der Waals surface area contributed by atoms with E-state index in [-0.39, 0.29) is 36.4 Å². The summed E-state index contributed by atoms with van der Waals surface area (Å²) >= 11 is 0. The Morgan fingerprint density at radius 1 is 1.30 bits per heavy atom. The Kier molecular flexibility index (Phi) is 4.10. The smallest absolute Gasteiger partial charge is 0.192 e. The maximum atomic E-state index is 12.4. The van der Waals surface area contributed by atoms with Gasteiger partial charge in [-0.05, 0) is 49.7 Å². The second-order valence-electron chi connectivity index (χ2n) is 9.31. The van der Waals surface area contributed by atoms with E-state index in [1.165, 1.54) is 0 Å². The van der Waals surface area contributed by atoms with Gasteiger partial charge in [-0.3, -0.25) is 9.59 Å². The molecule has 3 saturated carbocycles. The van der Waals surface area contributed by atoms with Crippen molar-refractivity contribution in [2.45, 2.75) is 57.3 Å². The number of aliphatic hydroxyl groups excluding tert-OH is 3. The van der Waals surface area contributed by atoms with E-state index in [9.17, 15) is 30.0 Å². The van der Waals surface area contributed by atoms with Gasteiger partial charge in [0.15, 0.2) is 17.2 Å². The summed E-state index contributed by atoms with van der Waals surface area (Å²) in [6, 6.07) is 0. The van der Waals surface area contributed by atoms with Crippen LogP contribution in [0.2, 0.25) is 0 Å². The normalized spacial score (nSPS) is 51.3. The molecule has 5 unspecified atom stereocenters. The fraction of sp³-hybridized carbons (Fsp3) is 0.714. The van der Waals surface area contributed by atoms with Crippen LogP contribution >= 0.6 is 0 Å². The molecule has 4 rings (SSSR count). The van der Waals surface area contributed by atoms with Crippen LogP contribution in [0.4, 0.5) is 0 Å². The van der Waals surface area contributed by atoms with Gasteiger partial charge in [-0.2, -0.15) is 0 Å². The van der Waals surface area contributed by atoms with Gasteiger partial charge in [0.1, 0.15) is 6.61 Å². The van der Waals surface area contributed by atoms with Crippen LogP contribution in [0.3, 0.4) is 0 Å². The van der Waals surface area contributed by atoms with Crippen molar-refractivity contribution in [3.63, 3.8) is 0 Å². The zero-order chi connectivity index (χ0) is 19.8. The van der Waals surface area contributed by atoms with E-state index in [2.05, 4.69) is 0 Å². The average molecular weight is 376 g/mol. The SMILES string of the molecule is C[C@]12C=CC(=O)C=C1CC[C@@H]1C2C(O)C[C@@]2(C)C1CC(O)C2(O)C(=O)CO. The Morgan fingerprint density at radius 2 is 2.00 bits per heavy atom. The van der Waals surface area contributed by atoms with Crippen LogP contribution < -0.4 is 0 Å². The summed E-state index contributed by atoms with van der Waals surface area (Å²) in [4.78, 5) is 24.2. The minimum absolute atomic E-state index is 0.00826. The van der Waals surface area contributed by atoms with Crippen molar-refractivity contribution >= 4 is 11.6 Å². The van der Waals surface area contributed by atoms with Gasteiger partial charge in [0, 0.05) is 16.7 Å². The third-order valence-corrected chi connectivity index (χ3v) is 8.28. The van der Waals surface area contributed by atoms with Crippen LogP contribution in [-0.4, -0.2) is 56.4 Å². The molecule has 4 N–H and O–H groups in total. The quantitative estimate of drug-likeness (QED) is 0.559. The highest BCUT2D eigenvalue weighted by atomic mass is 16.4. The number of Topliss-reactive ketones (excluding diaryl/α,β-unsaturated/α-hetero) is 1. The molecule has 0 spiro atoms. The highest BCUT2D eigenvalue weighted by Gasteiger charge is 2.71. The van der Waals surface area contributed by atoms with Crippen molar-refractivity contribution in [2.75, 3.05) is 6.61 Å². The first-order valence-corrected chi connectivity index (χ1v) is 9.76. The lowest BCUT2D eigenvalue weighted by Gasteiger charge is -2.59. The fourth-order valence-electron chi connectivity index (χ4n) is 6.96. The van der Waals surface area contributed by atoms with Crippen LogP contribution in [0.25, 0.3) is 0 Å². The van der Waals surface area contributed by atoms with Crippen molar-refractivity contribution < 1.29 is 30.0 Å². The van der Waals surface area contributed by atoms with Crippen molar-refractivity contribution in [2.24, 2.45) is 28.6 Å². The largest absolute Gasteiger partial charge is 0.393 e. The average Bonchev–Trinajstić information content (AvgIpc) is 2.82. The van der Waals surface area contributed by atoms with Crippen molar-refractivity contribution in [3.05, 3.63) is 23.8 Å². The lowest BCUT2D eigenvalue weighted by Crippen LogP contribution is -2.63. The molecular weight excluding hydrogens is 348 g/mol. The van der Waals surface area contributed by atoms with Gasteiger partial charge >= 0.3 is 0 Å². The molecule has 0 aromatic heterocycles. The Balaban J connectivity index is 1.78. The van der Waals surface area contributed by atoms with E-state index >= 15 is 0 Å². The third kappa shape index (κ3) is 2.21. The van der Waals surface area contributed by atoms with Crippen LogP contribution in [0.1, 0.15) is 39.5 Å². The van der Waals surface area contributed by atoms with E-state index in [1.54, 1.807) is 19.1 Å². The molecule has 4 aliphatic carbocycles. The molecule has 148 valence electrons. The molecule has 4 aliphatic rings. The topological polar surface area (TPSA) is 115 Å². The molecule has 0 aromatic carbocycles. The highest BCUT2D eigenvalue weighted by Crippen LogP contribution is 2.67. The fourth-order valence-corrected chi connectivity index (χ4v) is 6.96. The second-order valence-corrected chi connectivity index (χ2v) is 9.31. The molecule has 0 heterocycles. The minimum atomic E-state index is -2.05. The van der Waals surface area contributed by atoms with Gasteiger partial charge in [-0.15, -0.1) is 0 Å². The Labute approximate surface area is 158 Å². The number of carbonyl (C=O) groups excluding carboxylic acids is 2. The number of ketones is 2. The van der Waals surface area contributed by atoms with Crippen LogP contribution in [0, 0.1) is 28.6 Å². The van der Waals surface area contributed by atoms with Gasteiger partial charge in [0.05, 0.1) is 12.2 Å². The van der Waals surface area contributed by atoms with Crippen LogP contribution in [-0.2, 0) is 9.59 Å². The van der Waals surface area contributed by atoms with Crippen molar-refractivity contribution in [3.8, 4) is 0 Å². The number of fused-ring (bicyclic) bond motifs is 5. The van der Waals surface area contributed by atoms with E-state index in [1.807, 2.05) is 13.0 Å². The van der Waals surface area contributed by atoms with Gasteiger partial charge in [-0.1, -0.05) is 25.5 Å². The Morgan fingerprint density at radius 3 is 2.67 bits per heavy atom. The number of rotatable bonds is 2. The molecule has 0 aliphatic heterocycles. The predicted octanol–water partition coefficient (Wildman–Crippen LogP) is 0.528. The number of aliphatic hydroxyl groups is 4. The summed E-state index contributed by atoms with van der Waals surface area (Å²) in [6.07, 6.45) is 4.97. The molecule has 3 fully saturated rings. The Bertz CT molecular complexity index is 756. The highest BCUT2D eigenvalue weighted by molar-refractivity contribution is 6.01. The summed E-state index contributed by atoms with van der Waals surface area (Å²) in [5, 5.41) is 42.3. The molecule has 8 atom stereocenters. The zero-order valence-electron chi connectivity index (χ0n) is 15.8. The summed E-state index contributed by atoms with van der Waals surface area (Å²) in [5.41, 5.74) is -2.46. The van der Waals surface area contributed by atoms with Gasteiger partial charge < -0.3 is 20.4 Å². The standard InChI is InChI=1S/C21H28O6/c1-19-6-5-12(23)7-11(19)3-4-13-14-8-16(25)21(27,17(26)10-22)20(14,2)9-15(24)18(13)19/h5-7,13-16,18,22,24-25,27H,3-4,8-10H2,1-2H3/t13-,14?,15?,16?,18?,19-,20-,21?/m0/s1. The van der Waals surface area contributed by atoms with E-state index in [0.717, 1.165) is 18.4 Å². The summed E-state index contributed by atoms with van der Waals surface area (Å²) in [5.74, 6) is -1.09. The predicted molar refractivity (Wildman–Crippen MR) is 96.4 cm³/mol. The number of hydrogen-bond donors (Lipinski definition) is 4. The lowest BCUT2D eigenvalue weighted by molar-refractivity contribution is -0.190. The molecule has 0 bridgehead atoms. The van der Waals surface area contributed by atoms with E-state index in [4.69, 9.17) is 0 Å². The molecule has 0 radical (unpaired) electrons. The maximum Gasteiger partial charge on any atom is 0.192 e. The molecular formula is C21H28O6. The molecule has 6 nitrogen and oxygen atoms in total. The van der Waals surface area contributed by atoms with Crippen molar-refractivity contribution in [1.29, 1.82) is 0 Å². The van der Waals surface area contributed by atoms with Crippen LogP contribution in [0.5, 0.6) is 0 Å². The molecule has 6 heteroatoms. The zero-order valence-corrected chi connectivity index (χ0v) is 15.8. The van der Waals surface area contributed by atoms with Gasteiger partial charge in [0.2, 0.25) is 0 Å². The molecule has 0 amide bonds. The number of hydrogen-bond acceptors (Lipinski definition) is 6.